The van der Waals surface area contributed by atoms with Gasteiger partial charge < -0.3 is 9.80 Å². The van der Waals surface area contributed by atoms with Crippen molar-refractivity contribution in [3.05, 3.63) is 34.9 Å². The first-order chi connectivity index (χ1) is 10.1. The van der Waals surface area contributed by atoms with Crippen molar-refractivity contribution in [3.8, 4) is 0 Å². The average Bonchev–Trinajstić information content (AvgIpc) is 2.45. The molecule has 0 spiro atoms. The summed E-state index contributed by atoms with van der Waals surface area (Å²) in [5.74, 6) is 0.276. The molecule has 0 unspecified atom stereocenters. The van der Waals surface area contributed by atoms with Crippen LogP contribution in [0.2, 0.25) is 0 Å². The van der Waals surface area contributed by atoms with Crippen LogP contribution < -0.4 is 0 Å². The Morgan fingerprint density at radius 2 is 1.48 bits per heavy atom. The van der Waals surface area contributed by atoms with Crippen LogP contribution in [-0.4, -0.2) is 54.9 Å². The highest BCUT2D eigenvalue weighted by atomic mass is 16.1. The lowest BCUT2D eigenvalue weighted by atomic mass is 10.0. The number of Topliss-reactive ketones (excluding diaryl/α,β-unsaturated/α-hetero) is 1. The zero-order valence-corrected chi connectivity index (χ0v) is 13.7. The van der Waals surface area contributed by atoms with Crippen LogP contribution in [0.15, 0.2) is 18.2 Å². The van der Waals surface area contributed by atoms with Gasteiger partial charge in [-0.3, -0.25) is 4.79 Å². The second-order valence-electron chi connectivity index (χ2n) is 6.23. The Morgan fingerprint density at radius 3 is 2.00 bits per heavy atom. The number of piperazine rings is 1. The van der Waals surface area contributed by atoms with Crippen LogP contribution in [0.4, 0.5) is 0 Å². The number of nitrogens with zero attached hydrogens (tertiary/aromatic N) is 2. The third kappa shape index (κ3) is 4.94. The first-order valence-electron chi connectivity index (χ1n) is 8.14. The summed E-state index contributed by atoms with van der Waals surface area (Å²) in [5.41, 5.74) is 3.22. The summed E-state index contributed by atoms with van der Waals surface area (Å²) in [7, 11) is 0. The second kappa shape index (κ2) is 7.71. The van der Waals surface area contributed by atoms with Gasteiger partial charge in [0.05, 0.1) is 0 Å². The van der Waals surface area contributed by atoms with E-state index >= 15 is 0 Å². The predicted molar refractivity (Wildman–Crippen MR) is 88.0 cm³/mol. The van der Waals surface area contributed by atoms with Crippen molar-refractivity contribution in [1.29, 1.82) is 0 Å². The van der Waals surface area contributed by atoms with E-state index in [9.17, 15) is 4.79 Å². The van der Waals surface area contributed by atoms with E-state index in [4.69, 9.17) is 0 Å². The van der Waals surface area contributed by atoms with Gasteiger partial charge in [0.1, 0.15) is 0 Å². The van der Waals surface area contributed by atoms with Gasteiger partial charge in [-0.2, -0.15) is 0 Å². The zero-order chi connectivity index (χ0) is 15.2. The van der Waals surface area contributed by atoms with Crippen LogP contribution in [0.1, 0.15) is 41.3 Å². The average molecular weight is 288 g/mol. The monoisotopic (exact) mass is 288 g/mol. The van der Waals surface area contributed by atoms with Crippen LogP contribution in [-0.2, 0) is 0 Å². The fourth-order valence-corrected chi connectivity index (χ4v) is 3.09. The summed E-state index contributed by atoms with van der Waals surface area (Å²) in [6.45, 7) is 12.9. The van der Waals surface area contributed by atoms with Gasteiger partial charge >= 0.3 is 0 Å². The molecule has 2 rings (SSSR count). The molecule has 0 aliphatic carbocycles. The topological polar surface area (TPSA) is 23.6 Å². The Bertz CT molecular complexity index is 456. The molecule has 3 nitrogen and oxygen atoms in total. The van der Waals surface area contributed by atoms with Gasteiger partial charge in [0.2, 0.25) is 0 Å². The first-order valence-corrected chi connectivity index (χ1v) is 8.14. The minimum Gasteiger partial charge on any atom is -0.301 e. The van der Waals surface area contributed by atoms with Gasteiger partial charge in [0.15, 0.2) is 5.78 Å². The normalized spacial score (nSPS) is 17.1. The van der Waals surface area contributed by atoms with Crippen molar-refractivity contribution in [2.75, 3.05) is 39.3 Å². The number of ketones is 1. The van der Waals surface area contributed by atoms with Crippen LogP contribution in [0.5, 0.6) is 0 Å². The SMILES string of the molecule is CCCN1CCN(CCC(=O)c2cc(C)cc(C)c2)CC1. The molecule has 1 fully saturated rings. The first kappa shape index (κ1) is 16.2. The van der Waals surface area contributed by atoms with Crippen molar-refractivity contribution in [2.45, 2.75) is 33.6 Å². The van der Waals surface area contributed by atoms with Crippen LogP contribution in [0.3, 0.4) is 0 Å². The second-order valence-corrected chi connectivity index (χ2v) is 6.23. The summed E-state index contributed by atoms with van der Waals surface area (Å²) in [6, 6.07) is 6.13. The molecular weight excluding hydrogens is 260 g/mol. The quantitative estimate of drug-likeness (QED) is 0.752. The standard InChI is InChI=1S/C18H28N2O/c1-4-6-19-8-10-20(11-9-19)7-5-18(21)17-13-15(2)12-16(3)14-17/h12-14H,4-11H2,1-3H3. The highest BCUT2D eigenvalue weighted by Gasteiger charge is 2.17. The predicted octanol–water partition coefficient (Wildman–Crippen LogP) is 2.90. The molecule has 0 bridgehead atoms. The summed E-state index contributed by atoms with van der Waals surface area (Å²) in [5, 5.41) is 0. The molecule has 116 valence electrons. The minimum atomic E-state index is 0.276. The van der Waals surface area contributed by atoms with Gasteiger partial charge in [0, 0.05) is 44.7 Å². The Kier molecular flexibility index (Phi) is 5.95. The molecule has 0 aromatic heterocycles. The molecule has 0 atom stereocenters. The third-order valence-electron chi connectivity index (χ3n) is 4.20. The lowest BCUT2D eigenvalue weighted by Gasteiger charge is -2.34. The molecular formula is C18H28N2O. The zero-order valence-electron chi connectivity index (χ0n) is 13.7. The van der Waals surface area contributed by atoms with E-state index in [1.54, 1.807) is 0 Å². The van der Waals surface area contributed by atoms with E-state index in [1.165, 1.54) is 24.1 Å². The molecule has 0 saturated carbocycles. The molecule has 1 aromatic rings. The Hall–Kier alpha value is -1.19. The number of hydrogen-bond donors (Lipinski definition) is 0. The van der Waals surface area contributed by atoms with E-state index in [-0.39, 0.29) is 5.78 Å². The van der Waals surface area contributed by atoms with Crippen molar-refractivity contribution in [2.24, 2.45) is 0 Å². The van der Waals surface area contributed by atoms with E-state index in [2.05, 4.69) is 36.6 Å². The van der Waals surface area contributed by atoms with E-state index in [1.807, 2.05) is 12.1 Å². The number of hydrogen-bond acceptors (Lipinski definition) is 3. The Morgan fingerprint density at radius 1 is 0.952 bits per heavy atom. The van der Waals surface area contributed by atoms with Gasteiger partial charge in [-0.15, -0.1) is 0 Å². The highest BCUT2D eigenvalue weighted by molar-refractivity contribution is 5.96. The maximum Gasteiger partial charge on any atom is 0.164 e. The summed E-state index contributed by atoms with van der Waals surface area (Å²) >= 11 is 0. The molecule has 1 saturated heterocycles. The third-order valence-corrected chi connectivity index (χ3v) is 4.20. The summed E-state index contributed by atoms with van der Waals surface area (Å²) < 4.78 is 0. The van der Waals surface area contributed by atoms with Crippen LogP contribution in [0, 0.1) is 13.8 Å². The van der Waals surface area contributed by atoms with Crippen molar-refractivity contribution in [1.82, 2.24) is 9.80 Å². The maximum absolute atomic E-state index is 12.3. The fraction of sp³-hybridized carbons (Fsp3) is 0.611. The molecule has 1 aromatic carbocycles. The van der Waals surface area contributed by atoms with E-state index < -0.39 is 0 Å². The number of aryl methyl sites for hydroxylation is 2. The molecule has 0 N–H and O–H groups in total. The minimum absolute atomic E-state index is 0.276. The molecule has 1 heterocycles. The Balaban J connectivity index is 1.79. The van der Waals surface area contributed by atoms with E-state index in [0.717, 1.165) is 38.3 Å². The van der Waals surface area contributed by atoms with Crippen molar-refractivity contribution in [3.63, 3.8) is 0 Å². The van der Waals surface area contributed by atoms with Crippen molar-refractivity contribution >= 4 is 5.78 Å². The van der Waals surface area contributed by atoms with Gasteiger partial charge in [0.25, 0.3) is 0 Å². The lowest BCUT2D eigenvalue weighted by Crippen LogP contribution is -2.46. The molecule has 1 aliphatic heterocycles. The maximum atomic E-state index is 12.3. The van der Waals surface area contributed by atoms with Crippen LogP contribution >= 0.6 is 0 Å². The number of carbonyl (C=O) groups is 1. The molecule has 0 amide bonds. The summed E-state index contributed by atoms with van der Waals surface area (Å²) in [4.78, 5) is 17.3. The van der Waals surface area contributed by atoms with Gasteiger partial charge in [-0.25, -0.2) is 0 Å². The molecule has 0 radical (unpaired) electrons. The molecule has 21 heavy (non-hydrogen) atoms. The lowest BCUT2D eigenvalue weighted by molar-refractivity contribution is 0.0928. The smallest absolute Gasteiger partial charge is 0.164 e. The summed E-state index contributed by atoms with van der Waals surface area (Å²) in [6.07, 6.45) is 1.86. The van der Waals surface area contributed by atoms with Gasteiger partial charge in [-0.1, -0.05) is 24.1 Å². The molecule has 1 aliphatic rings. The highest BCUT2D eigenvalue weighted by Crippen LogP contribution is 2.12. The fourth-order valence-electron chi connectivity index (χ4n) is 3.09. The Labute approximate surface area is 128 Å². The molecule has 3 heteroatoms. The van der Waals surface area contributed by atoms with E-state index in [0.29, 0.717) is 6.42 Å². The number of benzene rings is 1. The van der Waals surface area contributed by atoms with Crippen molar-refractivity contribution < 1.29 is 4.79 Å². The largest absolute Gasteiger partial charge is 0.301 e. The number of rotatable bonds is 6. The van der Waals surface area contributed by atoms with Gasteiger partial charge in [-0.05, 0) is 38.9 Å². The number of carbonyl (C=O) groups excluding carboxylic acids is 1. The van der Waals surface area contributed by atoms with Crippen LogP contribution in [0.25, 0.3) is 0 Å².